The Morgan fingerprint density at radius 2 is 0.836 bits per heavy atom. The molecule has 0 radical (unpaired) electrons. The quantitative estimate of drug-likeness (QED) is 0.103. The van der Waals surface area contributed by atoms with E-state index in [4.69, 9.17) is 27.2 Å². The Kier molecular flexibility index (Phi) is 14.1. The molecule has 0 aliphatic heterocycles. The Bertz CT molecular complexity index is 2770. The normalized spacial score (nSPS) is 11.0. The number of hydrogen-bond donors (Lipinski definition) is 2. The van der Waals surface area contributed by atoms with Gasteiger partial charge in [0.05, 0.1) is 58.1 Å². The molecule has 0 atom stereocenters. The van der Waals surface area contributed by atoms with E-state index >= 15 is 0 Å². The first-order chi connectivity index (χ1) is 29.7. The summed E-state index contributed by atoms with van der Waals surface area (Å²) in [6.45, 7) is 0. The number of phenolic OH excluding ortho intramolecular Hbond substituents is 2. The summed E-state index contributed by atoms with van der Waals surface area (Å²) in [4.78, 5) is 19.9. The molecule has 304 valence electrons. The maximum Gasteiger partial charge on any atom is 0.160 e. The van der Waals surface area contributed by atoms with Crippen LogP contribution in [0.15, 0.2) is 182 Å². The summed E-state index contributed by atoms with van der Waals surface area (Å²) in [5, 5.41) is 19.1. The minimum absolute atomic E-state index is 0.0417. The molecular weight excluding hydrogens is 797 g/mol. The molecule has 0 aliphatic carbocycles. The van der Waals surface area contributed by atoms with Crippen LogP contribution in [0.25, 0.3) is 22.5 Å². The first kappa shape index (κ1) is 42.3. The molecule has 0 saturated carbocycles. The molecule has 8 aromatic rings. The summed E-state index contributed by atoms with van der Waals surface area (Å²) in [5.74, 6) is 0.191. The van der Waals surface area contributed by atoms with Crippen LogP contribution in [0.4, 0.5) is 0 Å². The highest BCUT2D eigenvalue weighted by atomic mass is 32.2. The van der Waals surface area contributed by atoms with Crippen molar-refractivity contribution in [3.05, 3.63) is 227 Å². The van der Waals surface area contributed by atoms with Gasteiger partial charge in [-0.1, -0.05) is 134 Å². The molecule has 0 unspecified atom stereocenters. The molecule has 2 N–H and O–H groups in total. The molecule has 2 aromatic heterocycles. The van der Waals surface area contributed by atoms with Crippen LogP contribution in [-0.2, 0) is 47.0 Å². The zero-order valence-corrected chi connectivity index (χ0v) is 35.0. The zero-order chi connectivity index (χ0) is 42.4. The average molecular weight is 841 g/mol. The lowest BCUT2D eigenvalue weighted by Crippen LogP contribution is -2.12. The van der Waals surface area contributed by atoms with Gasteiger partial charge in [-0.05, 0) is 70.8 Å². The van der Waals surface area contributed by atoms with E-state index in [9.17, 15) is 18.6 Å². The van der Waals surface area contributed by atoms with E-state index in [1.54, 1.807) is 48.8 Å². The van der Waals surface area contributed by atoms with Crippen molar-refractivity contribution in [3.8, 4) is 34.0 Å². The van der Waals surface area contributed by atoms with E-state index in [1.807, 2.05) is 109 Å². The third kappa shape index (κ3) is 12.6. The van der Waals surface area contributed by atoms with Crippen molar-refractivity contribution in [3.63, 3.8) is 0 Å². The third-order valence-electron chi connectivity index (χ3n) is 9.81. The Hall–Kier alpha value is -6.88. The fourth-order valence-corrected chi connectivity index (χ4v) is 8.50. The van der Waals surface area contributed by atoms with Crippen LogP contribution in [0.2, 0.25) is 0 Å². The molecule has 2 heterocycles. The highest BCUT2D eigenvalue weighted by Crippen LogP contribution is 2.25. The average Bonchev–Trinajstić information content (AvgIpc) is 3.27. The van der Waals surface area contributed by atoms with E-state index < -0.39 is 9.84 Å². The second-order valence-corrected chi connectivity index (χ2v) is 17.3. The van der Waals surface area contributed by atoms with Crippen LogP contribution in [-0.4, -0.2) is 43.4 Å². The van der Waals surface area contributed by atoms with Crippen LogP contribution in [0, 0.1) is 0 Å². The van der Waals surface area contributed by atoms with Crippen LogP contribution >= 0.6 is 12.2 Å². The molecule has 0 amide bonds. The monoisotopic (exact) mass is 840 g/mol. The van der Waals surface area contributed by atoms with Gasteiger partial charge in [-0.3, -0.25) is 9.97 Å². The maximum absolute atomic E-state index is 12.9. The lowest BCUT2D eigenvalue weighted by Gasteiger charge is -2.12. The molecule has 0 bridgehead atoms. The lowest BCUT2D eigenvalue weighted by molar-refractivity contribution is 0.475. The van der Waals surface area contributed by atoms with Gasteiger partial charge < -0.3 is 10.2 Å². The van der Waals surface area contributed by atoms with Gasteiger partial charge in [0.2, 0.25) is 0 Å². The number of thiocarbonyl (C=S) groups is 1. The number of benzene rings is 6. The standard InChI is InChI=1S/C26H22N2OS.C25H22N2O3S/c29-22-13-11-21(12-14-22)26-18-27-24(17-23(30)15-19-7-3-1-4-8-19)25(28-26)16-20-9-5-2-6-10-20;28-22-13-11-21(12-14-22)24-16-26-25(23(27-24)15-19-7-3-1-4-8-19)18-31(29,30)17-20-9-5-2-6-10-20/h1-14,18,29H,15-17H2;1-14,16,28H,15,17-18H2. The van der Waals surface area contributed by atoms with Gasteiger partial charge in [0.15, 0.2) is 9.84 Å². The second kappa shape index (κ2) is 20.4. The molecule has 6 aromatic carbocycles. The lowest BCUT2D eigenvalue weighted by atomic mass is 10.0. The summed E-state index contributed by atoms with van der Waals surface area (Å²) >= 11 is 5.69. The van der Waals surface area contributed by atoms with Crippen molar-refractivity contribution in [1.82, 2.24) is 19.9 Å². The molecular formula is C51H44N4O4S2. The molecule has 0 spiro atoms. The van der Waals surface area contributed by atoms with Gasteiger partial charge in [0.25, 0.3) is 0 Å². The van der Waals surface area contributed by atoms with Crippen molar-refractivity contribution in [2.24, 2.45) is 0 Å². The molecule has 8 rings (SSSR count). The van der Waals surface area contributed by atoms with Crippen molar-refractivity contribution in [2.45, 2.75) is 37.2 Å². The van der Waals surface area contributed by atoms with E-state index in [0.717, 1.165) is 50.6 Å². The molecule has 0 saturated heterocycles. The Labute approximate surface area is 362 Å². The predicted molar refractivity (Wildman–Crippen MR) is 246 cm³/mol. The summed E-state index contributed by atoms with van der Waals surface area (Å²) < 4.78 is 25.7. The number of nitrogens with zero attached hydrogens (tertiary/aromatic N) is 4. The largest absolute Gasteiger partial charge is 0.508 e. The Morgan fingerprint density at radius 3 is 1.30 bits per heavy atom. The fraction of sp³-hybridized carbons (Fsp3) is 0.118. The van der Waals surface area contributed by atoms with Gasteiger partial charge in [0.1, 0.15) is 11.5 Å². The SMILES string of the molecule is O=S(=O)(Cc1ccccc1)Cc1ncc(-c2ccc(O)cc2)nc1Cc1ccccc1.Oc1ccc(-c2cnc(CC(=S)Cc3ccccc3)c(Cc3ccccc3)n2)cc1. The van der Waals surface area contributed by atoms with Gasteiger partial charge in [-0.25, -0.2) is 18.4 Å². The first-order valence-electron chi connectivity index (χ1n) is 19.8. The van der Waals surface area contributed by atoms with E-state index in [0.29, 0.717) is 36.3 Å². The zero-order valence-electron chi connectivity index (χ0n) is 33.4. The third-order valence-corrected chi connectivity index (χ3v) is 11.6. The molecule has 0 fully saturated rings. The van der Waals surface area contributed by atoms with E-state index in [2.05, 4.69) is 29.2 Å². The molecule has 10 heteroatoms. The number of aromatic nitrogens is 4. The summed E-state index contributed by atoms with van der Waals surface area (Å²) in [7, 11) is -3.42. The Balaban J connectivity index is 0.000000184. The number of sulfone groups is 1. The van der Waals surface area contributed by atoms with Crippen LogP contribution in [0.1, 0.15) is 45.0 Å². The fourth-order valence-electron chi connectivity index (χ4n) is 6.74. The second-order valence-electron chi connectivity index (χ2n) is 14.6. The Morgan fingerprint density at radius 1 is 0.443 bits per heavy atom. The summed E-state index contributed by atoms with van der Waals surface area (Å²) in [6, 6.07) is 53.2. The number of phenols is 2. The number of aromatic hydroxyl groups is 2. The smallest absolute Gasteiger partial charge is 0.160 e. The van der Waals surface area contributed by atoms with Gasteiger partial charge in [-0.2, -0.15) is 0 Å². The number of hydrogen-bond acceptors (Lipinski definition) is 9. The topological polar surface area (TPSA) is 126 Å². The van der Waals surface area contributed by atoms with Gasteiger partial charge in [-0.15, -0.1) is 0 Å². The summed E-state index contributed by atoms with van der Waals surface area (Å²) in [6.07, 6.45) is 5.94. The summed E-state index contributed by atoms with van der Waals surface area (Å²) in [5.41, 5.74) is 10.3. The van der Waals surface area contributed by atoms with Crippen LogP contribution in [0.3, 0.4) is 0 Å². The van der Waals surface area contributed by atoms with Crippen LogP contribution < -0.4 is 0 Å². The molecule has 8 nitrogen and oxygen atoms in total. The first-order valence-corrected chi connectivity index (χ1v) is 22.0. The van der Waals surface area contributed by atoms with Gasteiger partial charge in [0, 0.05) is 41.7 Å². The van der Waals surface area contributed by atoms with E-state index in [1.165, 1.54) is 11.1 Å². The van der Waals surface area contributed by atoms with Gasteiger partial charge >= 0.3 is 0 Å². The molecule has 0 aliphatic rings. The minimum atomic E-state index is -3.42. The van der Waals surface area contributed by atoms with Crippen LogP contribution in [0.5, 0.6) is 11.5 Å². The highest BCUT2D eigenvalue weighted by molar-refractivity contribution is 7.89. The molecule has 61 heavy (non-hydrogen) atoms. The number of rotatable bonds is 14. The minimum Gasteiger partial charge on any atom is -0.508 e. The predicted octanol–water partition coefficient (Wildman–Crippen LogP) is 10.2. The van der Waals surface area contributed by atoms with Crippen molar-refractivity contribution in [1.29, 1.82) is 0 Å². The maximum atomic E-state index is 12.9. The highest BCUT2D eigenvalue weighted by Gasteiger charge is 2.19. The van der Waals surface area contributed by atoms with Crippen molar-refractivity contribution < 1.29 is 18.6 Å². The van der Waals surface area contributed by atoms with Crippen molar-refractivity contribution in [2.75, 3.05) is 0 Å². The van der Waals surface area contributed by atoms with E-state index in [-0.39, 0.29) is 23.0 Å². The van der Waals surface area contributed by atoms with Crippen molar-refractivity contribution >= 4 is 26.9 Å².